The van der Waals surface area contributed by atoms with E-state index in [-0.39, 0.29) is 41.6 Å². The van der Waals surface area contributed by atoms with E-state index >= 15 is 0 Å². The maximum absolute atomic E-state index is 13.6. The molecule has 7 nitrogen and oxygen atoms in total. The summed E-state index contributed by atoms with van der Waals surface area (Å²) < 4.78 is 51.4. The molecule has 168 valence electrons. The molecule has 1 aromatic heterocycles. The molecule has 2 heterocycles. The Kier molecular flexibility index (Phi) is 7.19. The van der Waals surface area contributed by atoms with Crippen molar-refractivity contribution in [2.24, 2.45) is 5.73 Å². The Morgan fingerprint density at radius 2 is 2.19 bits per heavy atom. The third-order valence-corrected chi connectivity index (χ3v) is 5.06. The highest BCUT2D eigenvalue weighted by atomic mass is 19.4. The molecule has 3 rings (SSSR count). The number of nitrogens with two attached hydrogens (primary N) is 1. The number of benzene rings is 1. The number of aromatic nitrogens is 2. The van der Waals surface area contributed by atoms with Gasteiger partial charge in [0, 0.05) is 12.1 Å². The molecule has 31 heavy (non-hydrogen) atoms. The third-order valence-electron chi connectivity index (χ3n) is 5.06. The van der Waals surface area contributed by atoms with Crippen LogP contribution in [0.4, 0.5) is 13.2 Å². The molecule has 1 atom stereocenters. The smallest absolute Gasteiger partial charge is 0.419 e. The number of likely N-dealkylation sites (tertiary alicyclic amines) is 1. The van der Waals surface area contributed by atoms with E-state index < -0.39 is 11.7 Å². The SMILES string of the molecule is CCCC/C=C/COc1ccc(-c2noc([C@@H]3CCCN3C(=N)N)n2)cc1C(F)(F)F. The fourth-order valence-corrected chi connectivity index (χ4v) is 3.46. The Balaban J connectivity index is 1.79. The van der Waals surface area contributed by atoms with Crippen molar-refractivity contribution in [2.45, 2.75) is 51.2 Å². The molecule has 10 heteroatoms. The van der Waals surface area contributed by atoms with Crippen LogP contribution in [0.5, 0.6) is 5.75 Å². The average Bonchev–Trinajstić information content (AvgIpc) is 3.39. The second-order valence-electron chi connectivity index (χ2n) is 7.33. The summed E-state index contributed by atoms with van der Waals surface area (Å²) in [6.07, 6.45) is 3.45. The van der Waals surface area contributed by atoms with Crippen LogP contribution in [0, 0.1) is 5.41 Å². The van der Waals surface area contributed by atoms with Crippen molar-refractivity contribution in [1.29, 1.82) is 5.41 Å². The second-order valence-corrected chi connectivity index (χ2v) is 7.33. The predicted molar refractivity (Wildman–Crippen MR) is 109 cm³/mol. The van der Waals surface area contributed by atoms with Gasteiger partial charge < -0.3 is 19.9 Å². The van der Waals surface area contributed by atoms with Gasteiger partial charge in [-0.3, -0.25) is 5.41 Å². The van der Waals surface area contributed by atoms with Gasteiger partial charge >= 0.3 is 6.18 Å². The first kappa shape index (κ1) is 22.6. The molecule has 0 saturated carbocycles. The van der Waals surface area contributed by atoms with E-state index in [9.17, 15) is 13.2 Å². The molecule has 1 saturated heterocycles. The van der Waals surface area contributed by atoms with Crippen LogP contribution in [-0.2, 0) is 6.18 Å². The number of unbranched alkanes of at least 4 members (excludes halogenated alkanes) is 2. The van der Waals surface area contributed by atoms with E-state index in [1.54, 1.807) is 11.0 Å². The average molecular weight is 437 g/mol. The van der Waals surface area contributed by atoms with Gasteiger partial charge in [0.2, 0.25) is 11.7 Å². The zero-order chi connectivity index (χ0) is 22.4. The Morgan fingerprint density at radius 3 is 2.90 bits per heavy atom. The van der Waals surface area contributed by atoms with Gasteiger partial charge in [-0.2, -0.15) is 18.2 Å². The van der Waals surface area contributed by atoms with E-state index in [2.05, 4.69) is 17.1 Å². The van der Waals surface area contributed by atoms with Gasteiger partial charge in [0.15, 0.2) is 5.96 Å². The molecule has 0 unspecified atom stereocenters. The number of rotatable bonds is 8. The van der Waals surface area contributed by atoms with E-state index in [4.69, 9.17) is 20.4 Å². The Morgan fingerprint density at radius 1 is 1.39 bits per heavy atom. The van der Waals surface area contributed by atoms with Gasteiger partial charge in [0.1, 0.15) is 18.4 Å². The van der Waals surface area contributed by atoms with Crippen LogP contribution in [0.1, 0.15) is 56.5 Å². The Bertz CT molecular complexity index is 926. The summed E-state index contributed by atoms with van der Waals surface area (Å²) in [5, 5.41) is 11.5. The number of nitrogens with zero attached hydrogens (tertiary/aromatic N) is 3. The van der Waals surface area contributed by atoms with Crippen molar-refractivity contribution in [3.8, 4) is 17.1 Å². The Hall–Kier alpha value is -3.04. The summed E-state index contributed by atoms with van der Waals surface area (Å²) >= 11 is 0. The fourth-order valence-electron chi connectivity index (χ4n) is 3.46. The van der Waals surface area contributed by atoms with E-state index in [0.29, 0.717) is 13.0 Å². The highest BCUT2D eigenvalue weighted by Gasteiger charge is 2.36. The summed E-state index contributed by atoms with van der Waals surface area (Å²) in [6.45, 7) is 2.72. The molecule has 2 aromatic rings. The highest BCUT2D eigenvalue weighted by molar-refractivity contribution is 5.75. The quantitative estimate of drug-likeness (QED) is 0.263. The number of ether oxygens (including phenoxy) is 1. The molecular weight excluding hydrogens is 411 g/mol. The second kappa shape index (κ2) is 9.84. The number of allylic oxidation sites excluding steroid dienone is 1. The zero-order valence-electron chi connectivity index (χ0n) is 17.3. The van der Waals surface area contributed by atoms with Crippen LogP contribution in [0.2, 0.25) is 0 Å². The van der Waals surface area contributed by atoms with Crippen LogP contribution < -0.4 is 10.5 Å². The molecule has 1 fully saturated rings. The molecule has 1 aliphatic rings. The minimum atomic E-state index is -4.60. The number of alkyl halides is 3. The number of hydrogen-bond donors (Lipinski definition) is 2. The first-order valence-corrected chi connectivity index (χ1v) is 10.2. The van der Waals surface area contributed by atoms with Crippen molar-refractivity contribution in [2.75, 3.05) is 13.2 Å². The lowest BCUT2D eigenvalue weighted by atomic mass is 10.1. The van der Waals surface area contributed by atoms with Gasteiger partial charge in [-0.1, -0.05) is 37.1 Å². The minimum Gasteiger partial charge on any atom is -0.489 e. The molecule has 0 bridgehead atoms. The standard InChI is InChI=1S/C21H26F3N5O2/c1-2-3-4-5-6-12-30-17-10-9-14(13-15(17)21(22,23)24)18-27-19(31-28-18)16-8-7-11-29(16)20(25)26/h5-6,9-10,13,16H,2-4,7-8,11-12H2,1H3,(H3,25,26)/b6-5+/t16-/m0/s1. The summed E-state index contributed by atoms with van der Waals surface area (Å²) in [4.78, 5) is 5.89. The molecule has 3 N–H and O–H groups in total. The van der Waals surface area contributed by atoms with Gasteiger partial charge in [-0.25, -0.2) is 0 Å². The lowest BCUT2D eigenvalue weighted by Crippen LogP contribution is -2.35. The van der Waals surface area contributed by atoms with Crippen LogP contribution in [0.25, 0.3) is 11.4 Å². The lowest BCUT2D eigenvalue weighted by molar-refractivity contribution is -0.138. The zero-order valence-corrected chi connectivity index (χ0v) is 17.3. The maximum atomic E-state index is 13.6. The van der Waals surface area contributed by atoms with Crippen molar-refractivity contribution in [3.63, 3.8) is 0 Å². The fraction of sp³-hybridized carbons (Fsp3) is 0.476. The topological polar surface area (TPSA) is 101 Å². The normalized spacial score (nSPS) is 16.9. The van der Waals surface area contributed by atoms with Crippen LogP contribution in [-0.4, -0.2) is 34.2 Å². The molecule has 0 aliphatic carbocycles. The molecule has 0 spiro atoms. The van der Waals surface area contributed by atoms with E-state index in [0.717, 1.165) is 31.7 Å². The van der Waals surface area contributed by atoms with Crippen molar-refractivity contribution in [1.82, 2.24) is 15.0 Å². The lowest BCUT2D eigenvalue weighted by Gasteiger charge is -2.21. The molecular formula is C21H26F3N5O2. The van der Waals surface area contributed by atoms with Crippen molar-refractivity contribution >= 4 is 5.96 Å². The van der Waals surface area contributed by atoms with Crippen LogP contribution >= 0.6 is 0 Å². The van der Waals surface area contributed by atoms with Crippen molar-refractivity contribution < 1.29 is 22.4 Å². The Labute approximate surface area is 178 Å². The summed E-state index contributed by atoms with van der Waals surface area (Å²) in [5.74, 6) is -0.0822. The minimum absolute atomic E-state index is 0.0434. The maximum Gasteiger partial charge on any atom is 0.419 e. The van der Waals surface area contributed by atoms with Gasteiger partial charge in [-0.05, 0) is 37.5 Å². The monoisotopic (exact) mass is 437 g/mol. The first-order chi connectivity index (χ1) is 14.8. The van der Waals surface area contributed by atoms with Gasteiger partial charge in [0.05, 0.1) is 5.56 Å². The molecule has 0 radical (unpaired) electrons. The van der Waals surface area contributed by atoms with Gasteiger partial charge in [-0.15, -0.1) is 0 Å². The van der Waals surface area contributed by atoms with Gasteiger partial charge in [0.25, 0.3) is 0 Å². The van der Waals surface area contributed by atoms with Crippen LogP contribution in [0.3, 0.4) is 0 Å². The van der Waals surface area contributed by atoms with Crippen molar-refractivity contribution in [3.05, 3.63) is 41.8 Å². The first-order valence-electron chi connectivity index (χ1n) is 10.2. The number of nitrogens with one attached hydrogen (secondary N) is 1. The molecule has 1 aliphatic heterocycles. The number of guanidine groups is 1. The summed E-state index contributed by atoms with van der Waals surface area (Å²) in [6, 6.07) is 3.35. The number of hydrogen-bond acceptors (Lipinski definition) is 5. The predicted octanol–water partition coefficient (Wildman–Crippen LogP) is 4.91. The largest absolute Gasteiger partial charge is 0.489 e. The third kappa shape index (κ3) is 5.56. The van der Waals surface area contributed by atoms with E-state index in [1.165, 1.54) is 12.1 Å². The molecule has 0 amide bonds. The van der Waals surface area contributed by atoms with E-state index in [1.807, 2.05) is 6.08 Å². The summed E-state index contributed by atoms with van der Waals surface area (Å²) in [5.41, 5.74) is 4.85. The summed E-state index contributed by atoms with van der Waals surface area (Å²) in [7, 11) is 0. The highest BCUT2D eigenvalue weighted by Crippen LogP contribution is 2.39. The molecule has 1 aromatic carbocycles. The van der Waals surface area contributed by atoms with Crippen LogP contribution in [0.15, 0.2) is 34.9 Å². The number of halogens is 3.